The molecule has 11 heavy (non-hydrogen) atoms. The summed E-state index contributed by atoms with van der Waals surface area (Å²) in [5, 5.41) is 0. The lowest BCUT2D eigenvalue weighted by molar-refractivity contribution is -0.135. The molecule has 0 heterocycles. The molecule has 0 aromatic heterocycles. The number of nitrogens with zero attached hydrogens (tertiary/aromatic N) is 1. The van der Waals surface area contributed by atoms with Gasteiger partial charge in [0.25, 0.3) is 0 Å². The van der Waals surface area contributed by atoms with Crippen LogP contribution in [0, 0.1) is 0 Å². The van der Waals surface area contributed by atoms with Crippen molar-refractivity contribution in [2.24, 2.45) is 11.5 Å². The highest BCUT2D eigenvalue weighted by Gasteiger charge is 1.96. The molecule has 0 aliphatic carbocycles. The Hall–Kier alpha value is -1.59. The maximum Gasteiger partial charge on any atom is 0.306 e. The van der Waals surface area contributed by atoms with E-state index in [0.717, 1.165) is 6.41 Å². The quantitative estimate of drug-likeness (QED) is 0.332. The number of carbonyl (C=O) groups is 3. The fraction of sp³-hybridized carbons (Fsp3) is 0.400. The molecule has 6 nitrogen and oxygen atoms in total. The van der Waals surface area contributed by atoms with Gasteiger partial charge >= 0.3 is 11.8 Å². The molecule has 0 aromatic rings. The minimum atomic E-state index is -1.10. The number of rotatable bonds is 1. The van der Waals surface area contributed by atoms with E-state index in [1.165, 1.54) is 4.90 Å². The Kier molecular flexibility index (Phi) is 7.19. The van der Waals surface area contributed by atoms with E-state index in [2.05, 4.69) is 11.5 Å². The third kappa shape index (κ3) is 17.8. The zero-order chi connectivity index (χ0) is 9.44. The second-order valence-electron chi connectivity index (χ2n) is 1.80. The minimum absolute atomic E-state index is 0.750. The van der Waals surface area contributed by atoms with Gasteiger partial charge in [-0.05, 0) is 0 Å². The highest BCUT2D eigenvalue weighted by atomic mass is 16.2. The summed E-state index contributed by atoms with van der Waals surface area (Å²) in [5.41, 5.74) is 8.64. The Bertz CT molecular complexity index is 143. The van der Waals surface area contributed by atoms with Crippen LogP contribution in [-0.4, -0.2) is 37.2 Å². The SMILES string of the molecule is CN(C)C=O.NC(=O)C(N)=O. The molecule has 0 saturated heterocycles. The number of nitrogens with two attached hydrogens (primary N) is 2. The van der Waals surface area contributed by atoms with E-state index in [4.69, 9.17) is 0 Å². The lowest BCUT2D eigenvalue weighted by Crippen LogP contribution is -2.29. The van der Waals surface area contributed by atoms with E-state index in [1.54, 1.807) is 14.1 Å². The summed E-state index contributed by atoms with van der Waals surface area (Å²) < 4.78 is 0. The van der Waals surface area contributed by atoms with E-state index in [9.17, 15) is 14.4 Å². The molecule has 0 bridgehead atoms. The first kappa shape index (κ1) is 12.1. The van der Waals surface area contributed by atoms with Crippen LogP contribution in [0.1, 0.15) is 0 Å². The molecule has 0 fully saturated rings. The number of amides is 3. The van der Waals surface area contributed by atoms with Gasteiger partial charge in [0, 0.05) is 14.1 Å². The minimum Gasteiger partial charge on any atom is -0.361 e. The summed E-state index contributed by atoms with van der Waals surface area (Å²) in [6.45, 7) is 0. The van der Waals surface area contributed by atoms with Gasteiger partial charge in [0.05, 0.1) is 0 Å². The highest BCUT2D eigenvalue weighted by Crippen LogP contribution is 1.52. The Morgan fingerprint density at radius 3 is 1.36 bits per heavy atom. The molecular formula is C5H11N3O3. The summed E-state index contributed by atoms with van der Waals surface area (Å²) in [6, 6.07) is 0. The summed E-state index contributed by atoms with van der Waals surface area (Å²) in [5.74, 6) is -2.20. The molecular weight excluding hydrogens is 150 g/mol. The maximum atomic E-state index is 9.45. The molecule has 0 saturated carbocycles. The normalized spacial score (nSPS) is 7.09. The van der Waals surface area contributed by atoms with Crippen molar-refractivity contribution in [3.8, 4) is 0 Å². The van der Waals surface area contributed by atoms with Crippen molar-refractivity contribution >= 4 is 18.2 Å². The molecule has 0 spiro atoms. The average Bonchev–Trinajstić information content (AvgIpc) is 1.89. The smallest absolute Gasteiger partial charge is 0.306 e. The summed E-state index contributed by atoms with van der Waals surface area (Å²) in [6.07, 6.45) is 0.750. The summed E-state index contributed by atoms with van der Waals surface area (Å²) in [7, 11) is 3.38. The van der Waals surface area contributed by atoms with Crippen LogP contribution < -0.4 is 11.5 Å². The molecule has 4 N–H and O–H groups in total. The molecule has 0 aliphatic heterocycles. The molecule has 0 radical (unpaired) electrons. The monoisotopic (exact) mass is 161 g/mol. The van der Waals surface area contributed by atoms with Crippen LogP contribution in [0.15, 0.2) is 0 Å². The molecule has 0 atom stereocenters. The number of carbonyl (C=O) groups excluding carboxylic acids is 3. The van der Waals surface area contributed by atoms with Crippen LogP contribution >= 0.6 is 0 Å². The third-order valence-electron chi connectivity index (χ3n) is 0.454. The number of hydrogen-bond acceptors (Lipinski definition) is 3. The second kappa shape index (κ2) is 6.53. The zero-order valence-electron chi connectivity index (χ0n) is 6.40. The maximum absolute atomic E-state index is 9.45. The van der Waals surface area contributed by atoms with Gasteiger partial charge in [-0.15, -0.1) is 0 Å². The molecule has 6 heteroatoms. The van der Waals surface area contributed by atoms with E-state index >= 15 is 0 Å². The molecule has 0 aromatic carbocycles. The topological polar surface area (TPSA) is 106 Å². The number of primary amides is 2. The van der Waals surface area contributed by atoms with Crippen LogP contribution in [0.4, 0.5) is 0 Å². The van der Waals surface area contributed by atoms with Crippen molar-refractivity contribution in [3.63, 3.8) is 0 Å². The van der Waals surface area contributed by atoms with Crippen molar-refractivity contribution in [1.29, 1.82) is 0 Å². The van der Waals surface area contributed by atoms with E-state index in [1.807, 2.05) is 0 Å². The first-order valence-electron chi connectivity index (χ1n) is 2.62. The first-order valence-corrected chi connectivity index (χ1v) is 2.62. The van der Waals surface area contributed by atoms with Crippen LogP contribution in [-0.2, 0) is 14.4 Å². The summed E-state index contributed by atoms with van der Waals surface area (Å²) in [4.78, 5) is 29.8. The van der Waals surface area contributed by atoms with Crippen molar-refractivity contribution in [3.05, 3.63) is 0 Å². The first-order chi connectivity index (χ1) is 4.91. The molecule has 0 rings (SSSR count). The van der Waals surface area contributed by atoms with Gasteiger partial charge < -0.3 is 16.4 Å². The van der Waals surface area contributed by atoms with Gasteiger partial charge in [0.15, 0.2) is 0 Å². The average molecular weight is 161 g/mol. The van der Waals surface area contributed by atoms with Crippen molar-refractivity contribution in [2.75, 3.05) is 14.1 Å². The third-order valence-corrected chi connectivity index (χ3v) is 0.454. The van der Waals surface area contributed by atoms with Gasteiger partial charge in [-0.1, -0.05) is 0 Å². The fourth-order valence-corrected chi connectivity index (χ4v) is 0. The van der Waals surface area contributed by atoms with Crippen molar-refractivity contribution in [2.45, 2.75) is 0 Å². The largest absolute Gasteiger partial charge is 0.361 e. The number of hydrogen-bond donors (Lipinski definition) is 2. The Balaban J connectivity index is 0. The Labute approximate surface area is 64.1 Å². The highest BCUT2D eigenvalue weighted by molar-refractivity contribution is 6.33. The van der Waals surface area contributed by atoms with Crippen molar-refractivity contribution in [1.82, 2.24) is 4.90 Å². The fourth-order valence-electron chi connectivity index (χ4n) is 0. The van der Waals surface area contributed by atoms with Gasteiger partial charge in [0.1, 0.15) is 0 Å². The standard InChI is InChI=1S/C3H7NO.C2H4N2O2/c1-4(2)3-5;3-1(5)2(4)6/h3H,1-2H3;(H2,3,5)(H2,4,6). The van der Waals surface area contributed by atoms with Gasteiger partial charge in [0.2, 0.25) is 6.41 Å². The molecule has 64 valence electrons. The predicted octanol–water partition coefficient (Wildman–Crippen LogP) is -2.34. The molecule has 0 aliphatic rings. The van der Waals surface area contributed by atoms with Gasteiger partial charge in [-0.25, -0.2) is 0 Å². The van der Waals surface area contributed by atoms with Gasteiger partial charge in [-0.3, -0.25) is 14.4 Å². The lowest BCUT2D eigenvalue weighted by atomic mass is 10.6. The van der Waals surface area contributed by atoms with Gasteiger partial charge in [-0.2, -0.15) is 0 Å². The zero-order valence-corrected chi connectivity index (χ0v) is 6.40. The molecule has 3 amide bonds. The Morgan fingerprint density at radius 1 is 1.18 bits per heavy atom. The summed E-state index contributed by atoms with van der Waals surface area (Å²) >= 11 is 0. The van der Waals surface area contributed by atoms with E-state index in [-0.39, 0.29) is 0 Å². The van der Waals surface area contributed by atoms with E-state index < -0.39 is 11.8 Å². The van der Waals surface area contributed by atoms with Crippen LogP contribution in [0.5, 0.6) is 0 Å². The predicted molar refractivity (Wildman–Crippen MR) is 38.1 cm³/mol. The molecule has 0 unspecified atom stereocenters. The van der Waals surface area contributed by atoms with Crippen LogP contribution in [0.25, 0.3) is 0 Å². The van der Waals surface area contributed by atoms with E-state index in [0.29, 0.717) is 0 Å². The van der Waals surface area contributed by atoms with Crippen LogP contribution in [0.3, 0.4) is 0 Å². The second-order valence-corrected chi connectivity index (χ2v) is 1.80. The Morgan fingerprint density at radius 2 is 1.36 bits per heavy atom. The van der Waals surface area contributed by atoms with Crippen LogP contribution in [0.2, 0.25) is 0 Å². The lowest BCUT2D eigenvalue weighted by Gasteiger charge is -1.93. The van der Waals surface area contributed by atoms with Crippen molar-refractivity contribution < 1.29 is 14.4 Å².